The molecule has 11 heteroatoms. The van der Waals surface area contributed by atoms with E-state index in [2.05, 4.69) is 0 Å². The molecule has 0 saturated carbocycles. The van der Waals surface area contributed by atoms with Gasteiger partial charge in [-0.25, -0.2) is 9.97 Å². The van der Waals surface area contributed by atoms with Crippen molar-refractivity contribution in [2.24, 2.45) is 0 Å². The van der Waals surface area contributed by atoms with Crippen LogP contribution in [0.1, 0.15) is 0 Å². The Bertz CT molecular complexity index is 2340. The molecule has 8 bridgehead atoms. The summed E-state index contributed by atoms with van der Waals surface area (Å²) in [5.41, 5.74) is 5.35. The molecule has 9 rings (SSSR count). The van der Waals surface area contributed by atoms with E-state index < -0.39 is 0 Å². The van der Waals surface area contributed by atoms with Gasteiger partial charge in [0.25, 0.3) is 0 Å². The van der Waals surface area contributed by atoms with Crippen LogP contribution in [0, 0.1) is 0 Å². The maximum absolute atomic E-state index is 5.63. The second-order valence-corrected chi connectivity index (χ2v) is 10.4. The van der Waals surface area contributed by atoms with Crippen LogP contribution in [-0.4, -0.2) is 44.1 Å². The maximum Gasteiger partial charge on any atom is 2.00 e. The summed E-state index contributed by atoms with van der Waals surface area (Å²) in [7, 11) is 3.20. The van der Waals surface area contributed by atoms with Crippen LogP contribution in [0.25, 0.3) is 89.7 Å². The molecule has 0 saturated heterocycles. The van der Waals surface area contributed by atoms with Gasteiger partial charge >= 0.3 is 19.5 Å². The zero-order valence-corrected chi connectivity index (χ0v) is 27.2. The quantitative estimate of drug-likeness (QED) is 0.204. The van der Waals surface area contributed by atoms with Crippen molar-refractivity contribution < 1.29 is 29.0 Å². The van der Waals surface area contributed by atoms with Crippen LogP contribution in [0.5, 0.6) is 11.5 Å². The first-order valence-electron chi connectivity index (χ1n) is 13.9. The van der Waals surface area contributed by atoms with Crippen molar-refractivity contribution in [3.05, 3.63) is 84.9 Å². The average Bonchev–Trinajstić information content (AvgIpc) is 3.79. The maximum atomic E-state index is 5.63. The van der Waals surface area contributed by atoms with E-state index in [1.807, 2.05) is 84.9 Å². The predicted molar refractivity (Wildman–Crippen MR) is 167 cm³/mol. The molecular formula is C34H20N8O2Zn. The van der Waals surface area contributed by atoms with Gasteiger partial charge in [-0.05, 0) is 33.7 Å². The first kappa shape index (κ1) is 27.0. The van der Waals surface area contributed by atoms with Crippen LogP contribution in [0.2, 0.25) is 0 Å². The molecule has 3 aromatic heterocycles. The Balaban J connectivity index is 0.00000300. The number of hydrogen-bond acceptors (Lipinski definition) is 8. The summed E-state index contributed by atoms with van der Waals surface area (Å²) in [6.07, 6.45) is 0. The van der Waals surface area contributed by atoms with Crippen molar-refractivity contribution in [3.63, 3.8) is 0 Å². The normalized spacial score (nSPS) is 11.6. The molecule has 0 aliphatic carbocycles. The van der Waals surface area contributed by atoms with Gasteiger partial charge in [0.05, 0.1) is 37.5 Å². The van der Waals surface area contributed by atoms with Crippen LogP contribution in [0.3, 0.4) is 0 Å². The molecule has 0 N–H and O–H groups in total. The summed E-state index contributed by atoms with van der Waals surface area (Å²) in [6.45, 7) is 0. The molecule has 7 aromatic rings. The molecule has 2 aliphatic heterocycles. The van der Waals surface area contributed by atoms with E-state index in [-0.39, 0.29) is 19.5 Å². The van der Waals surface area contributed by atoms with E-state index in [0.717, 1.165) is 43.8 Å². The van der Waals surface area contributed by atoms with Crippen molar-refractivity contribution >= 4 is 44.1 Å². The van der Waals surface area contributed by atoms with Crippen LogP contribution in [0.15, 0.2) is 84.9 Å². The monoisotopic (exact) mass is 636 g/mol. The molecule has 0 unspecified atom stereocenters. The predicted octanol–water partition coefficient (Wildman–Crippen LogP) is 6.14. The Morgan fingerprint density at radius 1 is 0.422 bits per heavy atom. The van der Waals surface area contributed by atoms with Gasteiger partial charge in [-0.3, -0.25) is 0 Å². The van der Waals surface area contributed by atoms with Gasteiger partial charge in [0.1, 0.15) is 0 Å². The Kier molecular flexibility index (Phi) is 6.18. The number of aromatic nitrogens is 8. The van der Waals surface area contributed by atoms with E-state index in [0.29, 0.717) is 57.4 Å². The van der Waals surface area contributed by atoms with E-state index in [1.165, 1.54) is 0 Å². The minimum absolute atomic E-state index is 0. The fourth-order valence-electron chi connectivity index (χ4n) is 5.83. The van der Waals surface area contributed by atoms with E-state index in [9.17, 15) is 0 Å². The Hall–Kier alpha value is -5.54. The molecule has 0 fully saturated rings. The number of nitrogens with zero attached hydrogens (tertiary/aromatic N) is 8. The third-order valence-electron chi connectivity index (χ3n) is 7.93. The topological polar surface area (TPSA) is 124 Å². The third-order valence-corrected chi connectivity index (χ3v) is 7.93. The van der Waals surface area contributed by atoms with Crippen LogP contribution in [-0.2, 0) is 19.5 Å². The summed E-state index contributed by atoms with van der Waals surface area (Å²) < 4.78 is 11.3. The van der Waals surface area contributed by atoms with Crippen LogP contribution < -0.4 is 19.4 Å². The van der Waals surface area contributed by atoms with Crippen molar-refractivity contribution in [3.8, 4) is 57.1 Å². The minimum Gasteiger partial charge on any atom is -0.493 e. The average molecular weight is 638 g/mol. The Morgan fingerprint density at radius 3 is 1.07 bits per heavy atom. The molecule has 2 aliphatic rings. The summed E-state index contributed by atoms with van der Waals surface area (Å²) >= 11 is 0. The first-order valence-corrected chi connectivity index (χ1v) is 13.9. The molecule has 0 atom stereocenters. The summed E-state index contributed by atoms with van der Waals surface area (Å²) in [4.78, 5) is 39.5. The molecule has 5 heterocycles. The number of ether oxygens (including phenoxy) is 2. The molecule has 0 amide bonds. The number of rotatable bonds is 2. The molecule has 210 valence electrons. The number of benzene rings is 4. The number of fused-ring (bicyclic) bond motifs is 20. The Morgan fingerprint density at radius 2 is 0.733 bits per heavy atom. The molecule has 4 aromatic carbocycles. The largest absolute Gasteiger partial charge is 2.00 e. The standard InChI is InChI=1S/C34H20N8O2.Zn/c1-43-25-15-23-24(16-26(25)44-2)34-41-32-22-14-8-6-12-20(22)30(39-32)37-28-18-10-4-3-9-17(18)27(35-28)36-29-19-11-5-7-13-21(19)31(38-29)40-33(23)42-34;/h3-16H,1-2H3;/q-2;+2. The fourth-order valence-corrected chi connectivity index (χ4v) is 5.83. The number of methoxy groups -OCH3 is 2. The summed E-state index contributed by atoms with van der Waals surface area (Å²) in [6, 6.07) is 27.4. The van der Waals surface area contributed by atoms with E-state index >= 15 is 0 Å². The van der Waals surface area contributed by atoms with Gasteiger partial charge in [-0.15, -0.1) is 0 Å². The molecule has 45 heavy (non-hydrogen) atoms. The van der Waals surface area contributed by atoms with Gasteiger partial charge in [0.2, 0.25) is 0 Å². The van der Waals surface area contributed by atoms with E-state index in [4.69, 9.17) is 49.3 Å². The van der Waals surface area contributed by atoms with Crippen LogP contribution >= 0.6 is 0 Å². The summed E-state index contributed by atoms with van der Waals surface area (Å²) in [5, 5.41) is 3.22. The second-order valence-electron chi connectivity index (χ2n) is 10.4. The smallest absolute Gasteiger partial charge is 0.493 e. The molecule has 0 spiro atoms. The first-order chi connectivity index (χ1) is 21.7. The Labute approximate surface area is 268 Å². The molecule has 0 radical (unpaired) electrons. The van der Waals surface area contributed by atoms with Crippen molar-refractivity contribution in [1.82, 2.24) is 39.9 Å². The minimum atomic E-state index is 0. The van der Waals surface area contributed by atoms with Gasteiger partial charge < -0.3 is 39.4 Å². The SMILES string of the molecule is COc1cc2c3nc4nc(nc5[n-]c(nc6nc(nc([n-]3)c2cc1OC)-c1ccccc1-6)c1ccccc51)-c1ccccc1-4.[Zn+2]. The third kappa shape index (κ3) is 4.12. The number of hydrogen-bond donors (Lipinski definition) is 0. The molecular weight excluding hydrogens is 618 g/mol. The van der Waals surface area contributed by atoms with Gasteiger partial charge in [0, 0.05) is 44.8 Å². The van der Waals surface area contributed by atoms with Crippen molar-refractivity contribution in [1.29, 1.82) is 0 Å². The summed E-state index contributed by atoms with van der Waals surface area (Å²) in [5.74, 6) is 3.13. The van der Waals surface area contributed by atoms with Gasteiger partial charge in [-0.2, -0.15) is 0 Å². The van der Waals surface area contributed by atoms with Crippen molar-refractivity contribution in [2.45, 2.75) is 0 Å². The van der Waals surface area contributed by atoms with Crippen LogP contribution in [0.4, 0.5) is 0 Å². The molecule has 10 nitrogen and oxygen atoms in total. The van der Waals surface area contributed by atoms with Gasteiger partial charge in [0.15, 0.2) is 11.5 Å². The van der Waals surface area contributed by atoms with Crippen molar-refractivity contribution in [2.75, 3.05) is 14.2 Å². The van der Waals surface area contributed by atoms with Gasteiger partial charge in [-0.1, -0.05) is 72.8 Å². The second kappa shape index (κ2) is 10.3. The zero-order chi connectivity index (χ0) is 29.4. The zero-order valence-electron chi connectivity index (χ0n) is 24.2. The van der Waals surface area contributed by atoms with E-state index in [1.54, 1.807) is 14.2 Å². The fraction of sp³-hybridized carbons (Fsp3) is 0.0588.